The molecule has 2 amide bonds. The van der Waals surface area contributed by atoms with E-state index in [0.29, 0.717) is 18.6 Å². The molecule has 0 bridgehead atoms. The van der Waals surface area contributed by atoms with Crippen molar-refractivity contribution in [3.05, 3.63) is 60.2 Å². The van der Waals surface area contributed by atoms with Crippen molar-refractivity contribution in [1.82, 2.24) is 0 Å². The molecule has 2 aliphatic rings. The van der Waals surface area contributed by atoms with Crippen LogP contribution in [0.2, 0.25) is 0 Å². The Morgan fingerprint density at radius 2 is 1.80 bits per heavy atom. The van der Waals surface area contributed by atoms with Crippen LogP contribution < -0.4 is 5.73 Å². The second kappa shape index (κ2) is 5.96. The quantitative estimate of drug-likeness (QED) is 0.936. The van der Waals surface area contributed by atoms with Gasteiger partial charge in [0.05, 0.1) is 17.0 Å². The predicted molar refractivity (Wildman–Crippen MR) is 98.2 cm³/mol. The van der Waals surface area contributed by atoms with Crippen molar-refractivity contribution >= 4 is 28.3 Å². The Balaban J connectivity index is 1.67. The molecule has 1 unspecified atom stereocenters. The van der Waals surface area contributed by atoms with Gasteiger partial charge in [0.1, 0.15) is 0 Å². The van der Waals surface area contributed by atoms with Crippen LogP contribution in [0, 0.1) is 11.3 Å². The Morgan fingerprint density at radius 3 is 2.48 bits per heavy atom. The van der Waals surface area contributed by atoms with Gasteiger partial charge in [0.25, 0.3) is 5.91 Å². The first-order valence-corrected chi connectivity index (χ1v) is 8.70. The van der Waals surface area contributed by atoms with E-state index in [0.717, 1.165) is 29.2 Å². The molecule has 2 aromatic carbocycles. The maximum atomic E-state index is 12.7. The molecule has 4 heteroatoms. The zero-order chi connectivity index (χ0) is 17.4. The fraction of sp³-hybridized carbons (Fsp3) is 0.286. The van der Waals surface area contributed by atoms with E-state index in [9.17, 15) is 9.59 Å². The third kappa shape index (κ3) is 2.58. The molecular formula is C21H20N2O2. The first-order chi connectivity index (χ1) is 12.1. The number of dihydropyridines is 1. The number of amides is 2. The highest BCUT2D eigenvalue weighted by molar-refractivity contribution is 6.17. The summed E-state index contributed by atoms with van der Waals surface area (Å²) in [6, 6.07) is 14.1. The SMILES string of the molecule is NC(=O)C1(C2C=CC(c3ccc4ccccc4c3)=NC2=O)CCCC1. The minimum Gasteiger partial charge on any atom is -0.369 e. The first kappa shape index (κ1) is 15.8. The molecule has 1 fully saturated rings. The fourth-order valence-electron chi connectivity index (χ4n) is 4.14. The van der Waals surface area contributed by atoms with Gasteiger partial charge in [0.2, 0.25) is 5.91 Å². The molecule has 25 heavy (non-hydrogen) atoms. The maximum absolute atomic E-state index is 12.7. The van der Waals surface area contributed by atoms with Gasteiger partial charge < -0.3 is 5.73 Å². The number of nitrogens with two attached hydrogens (primary N) is 1. The number of aliphatic imine (C=N–C) groups is 1. The van der Waals surface area contributed by atoms with Crippen molar-refractivity contribution in [2.24, 2.45) is 22.1 Å². The van der Waals surface area contributed by atoms with Gasteiger partial charge >= 0.3 is 0 Å². The highest BCUT2D eigenvalue weighted by Gasteiger charge is 2.49. The van der Waals surface area contributed by atoms with Gasteiger partial charge in [0, 0.05) is 5.56 Å². The molecule has 126 valence electrons. The van der Waals surface area contributed by atoms with Gasteiger partial charge in [-0.2, -0.15) is 0 Å². The van der Waals surface area contributed by atoms with Crippen molar-refractivity contribution in [3.63, 3.8) is 0 Å². The number of benzene rings is 2. The van der Waals surface area contributed by atoms with E-state index in [1.54, 1.807) is 0 Å². The van der Waals surface area contributed by atoms with Crippen LogP contribution in [0.15, 0.2) is 59.6 Å². The molecular weight excluding hydrogens is 312 g/mol. The molecule has 0 radical (unpaired) electrons. The minimum absolute atomic E-state index is 0.258. The lowest BCUT2D eigenvalue weighted by atomic mass is 9.71. The summed E-state index contributed by atoms with van der Waals surface area (Å²) in [5.41, 5.74) is 6.45. The van der Waals surface area contributed by atoms with Crippen LogP contribution in [0.1, 0.15) is 31.2 Å². The number of fused-ring (bicyclic) bond motifs is 1. The molecule has 4 nitrogen and oxygen atoms in total. The van der Waals surface area contributed by atoms with Gasteiger partial charge in [-0.05, 0) is 35.8 Å². The minimum atomic E-state index is -0.758. The van der Waals surface area contributed by atoms with Crippen LogP contribution in [-0.2, 0) is 9.59 Å². The number of nitrogens with zero attached hydrogens (tertiary/aromatic N) is 1. The topological polar surface area (TPSA) is 72.5 Å². The summed E-state index contributed by atoms with van der Waals surface area (Å²) in [4.78, 5) is 29.0. The van der Waals surface area contributed by atoms with Crippen molar-refractivity contribution in [2.75, 3.05) is 0 Å². The van der Waals surface area contributed by atoms with Crippen LogP contribution in [0.25, 0.3) is 10.8 Å². The number of carbonyl (C=O) groups is 2. The average Bonchev–Trinajstić information content (AvgIpc) is 3.12. The third-order valence-electron chi connectivity index (χ3n) is 5.57. The molecule has 1 aliphatic carbocycles. The summed E-state index contributed by atoms with van der Waals surface area (Å²) in [7, 11) is 0. The molecule has 2 aromatic rings. The summed E-state index contributed by atoms with van der Waals surface area (Å²) < 4.78 is 0. The highest BCUT2D eigenvalue weighted by Crippen LogP contribution is 2.46. The van der Waals surface area contributed by atoms with E-state index in [4.69, 9.17) is 5.73 Å². The van der Waals surface area contributed by atoms with E-state index in [2.05, 4.69) is 11.1 Å². The summed E-state index contributed by atoms with van der Waals surface area (Å²) in [5.74, 6) is -1.17. The Bertz CT molecular complexity index is 920. The fourth-order valence-corrected chi connectivity index (χ4v) is 4.14. The normalized spacial score (nSPS) is 22.2. The highest BCUT2D eigenvalue weighted by atomic mass is 16.2. The summed E-state index contributed by atoms with van der Waals surface area (Å²) in [6.45, 7) is 0. The number of hydrogen-bond acceptors (Lipinski definition) is 2. The van der Waals surface area contributed by atoms with Gasteiger partial charge in [-0.1, -0.05) is 55.3 Å². The van der Waals surface area contributed by atoms with Crippen molar-refractivity contribution in [1.29, 1.82) is 0 Å². The van der Waals surface area contributed by atoms with Crippen LogP contribution in [0.3, 0.4) is 0 Å². The molecule has 0 aromatic heterocycles. The van der Waals surface area contributed by atoms with E-state index in [1.165, 1.54) is 0 Å². The monoisotopic (exact) mass is 332 g/mol. The standard InChI is InChI=1S/C21H20N2O2/c22-20(25)21(11-3-4-12-21)17-9-10-18(23-19(17)24)16-8-7-14-5-1-2-6-15(14)13-16/h1-2,5-10,13,17H,3-4,11-12H2,(H2,22,25). The van der Waals surface area contributed by atoms with E-state index in [1.807, 2.05) is 48.6 Å². The van der Waals surface area contributed by atoms with E-state index < -0.39 is 11.3 Å². The number of rotatable bonds is 3. The first-order valence-electron chi connectivity index (χ1n) is 8.70. The zero-order valence-electron chi connectivity index (χ0n) is 13.9. The molecule has 0 saturated heterocycles. The molecule has 0 spiro atoms. The van der Waals surface area contributed by atoms with Crippen LogP contribution in [0.5, 0.6) is 0 Å². The number of allylic oxidation sites excluding steroid dienone is 1. The Hall–Kier alpha value is -2.75. The van der Waals surface area contributed by atoms with Crippen LogP contribution in [0.4, 0.5) is 0 Å². The molecule has 4 rings (SSSR count). The van der Waals surface area contributed by atoms with Gasteiger partial charge in [0.15, 0.2) is 0 Å². The summed E-state index contributed by atoms with van der Waals surface area (Å²) in [5, 5.41) is 2.25. The van der Waals surface area contributed by atoms with Gasteiger partial charge in [-0.25, -0.2) is 4.99 Å². The predicted octanol–water partition coefficient (Wildman–Crippen LogP) is 3.39. The Kier molecular flexibility index (Phi) is 3.75. The molecule has 2 N–H and O–H groups in total. The van der Waals surface area contributed by atoms with Crippen molar-refractivity contribution in [3.8, 4) is 0 Å². The second-order valence-electron chi connectivity index (χ2n) is 6.96. The third-order valence-corrected chi connectivity index (χ3v) is 5.57. The second-order valence-corrected chi connectivity index (χ2v) is 6.96. The summed E-state index contributed by atoms with van der Waals surface area (Å²) >= 11 is 0. The number of hydrogen-bond donors (Lipinski definition) is 1. The number of carbonyl (C=O) groups excluding carboxylic acids is 2. The lowest BCUT2D eigenvalue weighted by molar-refractivity contribution is -0.136. The average molecular weight is 332 g/mol. The maximum Gasteiger partial charge on any atom is 0.254 e. The van der Waals surface area contributed by atoms with Crippen molar-refractivity contribution in [2.45, 2.75) is 25.7 Å². The van der Waals surface area contributed by atoms with E-state index >= 15 is 0 Å². The summed E-state index contributed by atoms with van der Waals surface area (Å²) in [6.07, 6.45) is 6.90. The van der Waals surface area contributed by atoms with Crippen molar-refractivity contribution < 1.29 is 9.59 Å². The lowest BCUT2D eigenvalue weighted by Gasteiger charge is -2.32. The Morgan fingerprint density at radius 1 is 1.08 bits per heavy atom. The lowest BCUT2D eigenvalue weighted by Crippen LogP contribution is -2.44. The van der Waals surface area contributed by atoms with E-state index in [-0.39, 0.29) is 11.8 Å². The zero-order valence-corrected chi connectivity index (χ0v) is 13.9. The molecule has 1 saturated carbocycles. The van der Waals surface area contributed by atoms with Crippen LogP contribution in [-0.4, -0.2) is 17.5 Å². The Labute approximate surface area is 146 Å². The van der Waals surface area contributed by atoms with Crippen LogP contribution >= 0.6 is 0 Å². The van der Waals surface area contributed by atoms with Gasteiger partial charge in [-0.15, -0.1) is 0 Å². The molecule has 1 aliphatic heterocycles. The number of primary amides is 1. The molecule has 1 heterocycles. The molecule has 1 atom stereocenters. The largest absolute Gasteiger partial charge is 0.369 e. The smallest absolute Gasteiger partial charge is 0.254 e. The van der Waals surface area contributed by atoms with Gasteiger partial charge in [-0.3, -0.25) is 9.59 Å².